The molecule has 0 heterocycles. The van der Waals surface area contributed by atoms with Gasteiger partial charge in [0.2, 0.25) is 5.91 Å². The molecule has 0 aromatic heterocycles. The number of hydrogen-bond donors (Lipinski definition) is 3. The SMILES string of the molecule is CCC(NC(C)=O)(NC(=O)C(F)(F)F)C(N)=O. The Hall–Kier alpha value is -1.80. The van der Waals surface area contributed by atoms with Crippen LogP contribution in [0.3, 0.4) is 0 Å². The second-order valence-corrected chi connectivity index (χ2v) is 3.26. The molecule has 0 aliphatic heterocycles. The van der Waals surface area contributed by atoms with E-state index in [1.165, 1.54) is 12.2 Å². The molecule has 0 radical (unpaired) electrons. The van der Waals surface area contributed by atoms with E-state index in [4.69, 9.17) is 5.73 Å². The van der Waals surface area contributed by atoms with Crippen molar-refractivity contribution in [2.45, 2.75) is 32.1 Å². The molecule has 1 atom stereocenters. The van der Waals surface area contributed by atoms with Crippen molar-refractivity contribution in [3.63, 3.8) is 0 Å². The number of hydrogen-bond acceptors (Lipinski definition) is 3. The molecular formula is C8H12F3N3O3. The first-order valence-corrected chi connectivity index (χ1v) is 4.53. The number of alkyl halides is 3. The van der Waals surface area contributed by atoms with Crippen molar-refractivity contribution in [3.8, 4) is 0 Å². The Labute approximate surface area is 94.7 Å². The summed E-state index contributed by atoms with van der Waals surface area (Å²) in [5, 5.41) is 3.28. The van der Waals surface area contributed by atoms with E-state index in [1.807, 2.05) is 5.32 Å². The lowest BCUT2D eigenvalue weighted by atomic mass is 10.1. The Kier molecular flexibility index (Phi) is 4.49. The zero-order chi connectivity index (χ0) is 13.9. The zero-order valence-corrected chi connectivity index (χ0v) is 9.14. The van der Waals surface area contributed by atoms with Gasteiger partial charge >= 0.3 is 12.1 Å². The van der Waals surface area contributed by atoms with Crippen molar-refractivity contribution in [1.82, 2.24) is 10.6 Å². The van der Waals surface area contributed by atoms with Gasteiger partial charge in [0.25, 0.3) is 5.91 Å². The fraction of sp³-hybridized carbons (Fsp3) is 0.625. The summed E-state index contributed by atoms with van der Waals surface area (Å²) >= 11 is 0. The molecule has 1 unspecified atom stereocenters. The summed E-state index contributed by atoms with van der Waals surface area (Å²) in [4.78, 5) is 32.6. The number of carbonyl (C=O) groups is 3. The molecule has 17 heavy (non-hydrogen) atoms. The van der Waals surface area contributed by atoms with E-state index in [9.17, 15) is 27.6 Å². The zero-order valence-electron chi connectivity index (χ0n) is 9.14. The van der Waals surface area contributed by atoms with E-state index in [1.54, 1.807) is 0 Å². The van der Waals surface area contributed by atoms with Crippen LogP contribution in [0.1, 0.15) is 20.3 Å². The first-order valence-electron chi connectivity index (χ1n) is 4.53. The molecule has 0 spiro atoms. The highest BCUT2D eigenvalue weighted by Crippen LogP contribution is 2.17. The molecule has 0 aromatic rings. The number of nitrogens with one attached hydrogen (secondary N) is 2. The van der Waals surface area contributed by atoms with E-state index in [-0.39, 0.29) is 6.42 Å². The largest absolute Gasteiger partial charge is 0.471 e. The molecular weight excluding hydrogens is 243 g/mol. The molecule has 0 aliphatic rings. The molecule has 4 N–H and O–H groups in total. The first-order chi connectivity index (χ1) is 7.55. The van der Waals surface area contributed by atoms with E-state index in [0.29, 0.717) is 0 Å². The monoisotopic (exact) mass is 255 g/mol. The Morgan fingerprint density at radius 2 is 1.65 bits per heavy atom. The van der Waals surface area contributed by atoms with Crippen LogP contribution >= 0.6 is 0 Å². The first kappa shape index (κ1) is 15.2. The molecule has 0 aliphatic carbocycles. The minimum atomic E-state index is -5.17. The second kappa shape index (κ2) is 5.02. The average molecular weight is 255 g/mol. The highest BCUT2D eigenvalue weighted by atomic mass is 19.4. The number of nitrogens with two attached hydrogens (primary N) is 1. The molecule has 0 saturated carbocycles. The summed E-state index contributed by atoms with van der Waals surface area (Å²) in [5.41, 5.74) is 2.65. The van der Waals surface area contributed by atoms with Gasteiger partial charge in [0, 0.05) is 6.92 Å². The van der Waals surface area contributed by atoms with Gasteiger partial charge in [-0.05, 0) is 6.42 Å². The minimum absolute atomic E-state index is 0.316. The van der Waals surface area contributed by atoms with Crippen LogP contribution in [0.15, 0.2) is 0 Å². The van der Waals surface area contributed by atoms with Gasteiger partial charge in [-0.3, -0.25) is 14.4 Å². The maximum atomic E-state index is 12.0. The van der Waals surface area contributed by atoms with Crippen molar-refractivity contribution in [2.75, 3.05) is 0 Å². The topological polar surface area (TPSA) is 101 Å². The molecule has 9 heteroatoms. The van der Waals surface area contributed by atoms with Crippen LogP contribution in [0.25, 0.3) is 0 Å². The summed E-state index contributed by atoms with van der Waals surface area (Å²) < 4.78 is 36.1. The lowest BCUT2D eigenvalue weighted by molar-refractivity contribution is -0.177. The van der Waals surface area contributed by atoms with E-state index in [2.05, 4.69) is 0 Å². The van der Waals surface area contributed by atoms with Gasteiger partial charge in [0.1, 0.15) is 0 Å². The number of rotatable bonds is 4. The predicted octanol–water partition coefficient (Wildman–Crippen LogP) is -0.607. The molecule has 0 rings (SSSR count). The molecule has 0 aromatic carbocycles. The van der Waals surface area contributed by atoms with Crippen LogP contribution in [0, 0.1) is 0 Å². The van der Waals surface area contributed by atoms with E-state index < -0.39 is 29.6 Å². The third-order valence-corrected chi connectivity index (χ3v) is 1.92. The van der Waals surface area contributed by atoms with Gasteiger partial charge in [-0.25, -0.2) is 0 Å². The number of halogens is 3. The van der Waals surface area contributed by atoms with Crippen molar-refractivity contribution in [1.29, 1.82) is 0 Å². The van der Waals surface area contributed by atoms with Crippen LogP contribution in [-0.2, 0) is 14.4 Å². The Morgan fingerprint density at radius 3 is 1.88 bits per heavy atom. The molecule has 0 saturated heterocycles. The van der Waals surface area contributed by atoms with Gasteiger partial charge in [0.05, 0.1) is 0 Å². The Bertz CT molecular complexity index is 343. The molecule has 3 amide bonds. The maximum absolute atomic E-state index is 12.0. The summed E-state index contributed by atoms with van der Waals surface area (Å²) in [6.45, 7) is 2.27. The lowest BCUT2D eigenvalue weighted by Crippen LogP contribution is -2.68. The number of carbonyl (C=O) groups excluding carboxylic acids is 3. The maximum Gasteiger partial charge on any atom is 0.471 e. The van der Waals surface area contributed by atoms with Crippen molar-refractivity contribution >= 4 is 17.7 Å². The van der Waals surface area contributed by atoms with Crippen LogP contribution in [0.2, 0.25) is 0 Å². The molecule has 6 nitrogen and oxygen atoms in total. The standard InChI is InChI=1S/C8H12F3N3O3/c1-3-7(5(12)16,13-4(2)15)14-6(17)8(9,10)11/h3H2,1-2H3,(H2,12,16)(H,13,15)(H,14,17). The van der Waals surface area contributed by atoms with E-state index >= 15 is 0 Å². The predicted molar refractivity (Wildman–Crippen MR) is 50.2 cm³/mol. The summed E-state index contributed by atoms with van der Waals surface area (Å²) in [6, 6.07) is 0. The average Bonchev–Trinajstić information content (AvgIpc) is 2.13. The van der Waals surface area contributed by atoms with Gasteiger partial charge in [-0.15, -0.1) is 0 Å². The normalized spacial score (nSPS) is 14.6. The fourth-order valence-corrected chi connectivity index (χ4v) is 1.07. The number of primary amides is 1. The van der Waals surface area contributed by atoms with Crippen LogP contribution in [0.4, 0.5) is 13.2 Å². The lowest BCUT2D eigenvalue weighted by Gasteiger charge is -2.31. The summed E-state index contributed by atoms with van der Waals surface area (Å²) in [7, 11) is 0. The minimum Gasteiger partial charge on any atom is -0.366 e. The number of amides is 3. The third kappa shape index (κ3) is 3.93. The molecule has 0 bridgehead atoms. The van der Waals surface area contributed by atoms with E-state index in [0.717, 1.165) is 6.92 Å². The van der Waals surface area contributed by atoms with Crippen LogP contribution in [-0.4, -0.2) is 29.6 Å². The van der Waals surface area contributed by atoms with Crippen LogP contribution in [0.5, 0.6) is 0 Å². The highest BCUT2D eigenvalue weighted by molar-refractivity contribution is 5.94. The van der Waals surface area contributed by atoms with Crippen molar-refractivity contribution in [3.05, 3.63) is 0 Å². The van der Waals surface area contributed by atoms with Crippen molar-refractivity contribution in [2.24, 2.45) is 5.73 Å². The van der Waals surface area contributed by atoms with Gasteiger partial charge in [-0.2, -0.15) is 13.2 Å². The van der Waals surface area contributed by atoms with Gasteiger partial charge < -0.3 is 16.4 Å². The molecule has 98 valence electrons. The molecule has 0 fully saturated rings. The van der Waals surface area contributed by atoms with Crippen molar-refractivity contribution < 1.29 is 27.6 Å². The Morgan fingerprint density at radius 1 is 1.18 bits per heavy atom. The Balaban J connectivity index is 5.13. The third-order valence-electron chi connectivity index (χ3n) is 1.92. The quantitative estimate of drug-likeness (QED) is 0.584. The second-order valence-electron chi connectivity index (χ2n) is 3.26. The summed E-state index contributed by atoms with van der Waals surface area (Å²) in [6.07, 6.45) is -5.49. The fourth-order valence-electron chi connectivity index (χ4n) is 1.07. The summed E-state index contributed by atoms with van der Waals surface area (Å²) in [5.74, 6) is -4.44. The smallest absolute Gasteiger partial charge is 0.366 e. The van der Waals surface area contributed by atoms with Gasteiger partial charge in [-0.1, -0.05) is 6.92 Å². The van der Waals surface area contributed by atoms with Gasteiger partial charge in [0.15, 0.2) is 5.66 Å². The van der Waals surface area contributed by atoms with Crippen LogP contribution < -0.4 is 16.4 Å². The highest BCUT2D eigenvalue weighted by Gasteiger charge is 2.46.